The number of rotatable bonds is 5. The molecule has 4 aromatic rings. The molecular weight excluding hydrogens is 463 g/mol. The monoisotopic (exact) mass is 482 g/mol. The van der Waals surface area contributed by atoms with E-state index in [1.165, 1.54) is 48.5 Å². The first-order valence-electron chi connectivity index (χ1n) is 10.7. The van der Waals surface area contributed by atoms with Gasteiger partial charge in [0.05, 0.1) is 37.0 Å². The molecule has 1 fully saturated rings. The fourth-order valence-corrected chi connectivity index (χ4v) is 5.77. The molecule has 6 rings (SSSR count). The van der Waals surface area contributed by atoms with Crippen molar-refractivity contribution in [3.05, 3.63) is 71.2 Å². The first-order valence-corrected chi connectivity index (χ1v) is 12.1. The summed E-state index contributed by atoms with van der Waals surface area (Å²) < 4.78 is 49.2. The molecule has 4 heterocycles. The van der Waals surface area contributed by atoms with Gasteiger partial charge in [0.2, 0.25) is 0 Å². The summed E-state index contributed by atoms with van der Waals surface area (Å²) in [7, 11) is -2.94. The number of sulfonamides is 1. The van der Waals surface area contributed by atoms with Crippen LogP contribution in [0.25, 0.3) is 5.65 Å². The smallest absolute Gasteiger partial charge is 0.290 e. The summed E-state index contributed by atoms with van der Waals surface area (Å²) in [6, 6.07) is 6.51. The van der Waals surface area contributed by atoms with E-state index in [0.717, 1.165) is 5.65 Å². The lowest BCUT2D eigenvalue weighted by atomic mass is 10.2. The van der Waals surface area contributed by atoms with Gasteiger partial charge in [0, 0.05) is 18.0 Å². The molecule has 1 aliphatic carbocycles. The molecule has 0 spiro atoms. The van der Waals surface area contributed by atoms with Crippen LogP contribution in [-0.4, -0.2) is 50.1 Å². The molecule has 1 aliphatic heterocycles. The van der Waals surface area contributed by atoms with Crippen LogP contribution >= 0.6 is 0 Å². The van der Waals surface area contributed by atoms with Crippen molar-refractivity contribution in [3.8, 4) is 5.75 Å². The maximum atomic E-state index is 14.6. The van der Waals surface area contributed by atoms with E-state index in [4.69, 9.17) is 4.74 Å². The zero-order valence-corrected chi connectivity index (χ0v) is 18.9. The molecule has 12 heteroatoms. The number of nitrogens with zero attached hydrogens (tertiary/aromatic N) is 6. The van der Waals surface area contributed by atoms with Crippen LogP contribution in [0.3, 0.4) is 0 Å². The number of halogens is 1. The molecule has 1 amide bonds. The first kappa shape index (κ1) is 20.8. The number of ether oxygens (including phenoxy) is 1. The summed E-state index contributed by atoms with van der Waals surface area (Å²) >= 11 is 0. The van der Waals surface area contributed by atoms with Gasteiger partial charge < -0.3 is 9.14 Å². The van der Waals surface area contributed by atoms with Crippen LogP contribution < -0.4 is 4.74 Å². The van der Waals surface area contributed by atoms with Crippen molar-refractivity contribution in [2.24, 2.45) is 0 Å². The van der Waals surface area contributed by atoms with E-state index in [0.29, 0.717) is 15.9 Å². The maximum Gasteiger partial charge on any atom is 0.290 e. The van der Waals surface area contributed by atoms with Gasteiger partial charge in [-0.15, -0.1) is 5.10 Å². The molecule has 174 valence electrons. The van der Waals surface area contributed by atoms with E-state index in [2.05, 4.69) is 27.6 Å². The molecule has 2 aliphatic rings. The number of hydrogen-bond acceptors (Lipinski definition) is 7. The van der Waals surface area contributed by atoms with Gasteiger partial charge in [-0.3, -0.25) is 4.79 Å². The van der Waals surface area contributed by atoms with E-state index < -0.39 is 28.3 Å². The normalized spacial score (nSPS) is 16.7. The number of pyridine rings is 1. The third-order valence-electron chi connectivity index (χ3n) is 6.14. The van der Waals surface area contributed by atoms with Gasteiger partial charge in [0.25, 0.3) is 15.9 Å². The van der Waals surface area contributed by atoms with Crippen LogP contribution in [0.2, 0.25) is 0 Å². The number of amides is 1. The predicted molar refractivity (Wildman–Crippen MR) is 116 cm³/mol. The Morgan fingerprint density at radius 1 is 1.18 bits per heavy atom. The van der Waals surface area contributed by atoms with Crippen LogP contribution in [0.4, 0.5) is 4.39 Å². The van der Waals surface area contributed by atoms with Gasteiger partial charge in [0.15, 0.2) is 17.3 Å². The summed E-state index contributed by atoms with van der Waals surface area (Å²) in [5, 5.41) is 7.80. The third kappa shape index (κ3) is 3.24. The van der Waals surface area contributed by atoms with Crippen molar-refractivity contribution in [1.29, 1.82) is 0 Å². The van der Waals surface area contributed by atoms with Crippen LogP contribution in [0.5, 0.6) is 5.75 Å². The summed E-state index contributed by atoms with van der Waals surface area (Å²) in [6.45, 7) is -0.193. The quantitative estimate of drug-likeness (QED) is 0.429. The van der Waals surface area contributed by atoms with Crippen LogP contribution in [0.15, 0.2) is 47.8 Å². The van der Waals surface area contributed by atoms with E-state index in [1.54, 1.807) is 0 Å². The lowest BCUT2D eigenvalue weighted by Gasteiger charge is -2.12. The molecule has 0 bridgehead atoms. The molecule has 10 nitrogen and oxygen atoms in total. The highest BCUT2D eigenvalue weighted by Gasteiger charge is 2.41. The molecule has 1 saturated carbocycles. The largest absolute Gasteiger partial charge is 0.494 e. The average Bonchev–Trinajstić information content (AvgIpc) is 3.32. The number of carbonyl (C=O) groups excluding carboxylic acids is 1. The molecular formula is C22H19FN6O4S. The highest BCUT2D eigenvalue weighted by molar-refractivity contribution is 7.90. The lowest BCUT2D eigenvalue weighted by molar-refractivity contribution is 0.0854. The highest BCUT2D eigenvalue weighted by Crippen LogP contribution is 2.40. The topological polar surface area (TPSA) is 112 Å². The van der Waals surface area contributed by atoms with Gasteiger partial charge in [-0.2, -0.15) is 0 Å². The van der Waals surface area contributed by atoms with E-state index in [9.17, 15) is 17.6 Å². The molecule has 0 saturated heterocycles. The second-order valence-electron chi connectivity index (χ2n) is 8.41. The van der Waals surface area contributed by atoms with E-state index in [1.807, 2.05) is 16.7 Å². The zero-order valence-electron chi connectivity index (χ0n) is 18.0. The minimum Gasteiger partial charge on any atom is -0.494 e. The van der Waals surface area contributed by atoms with Gasteiger partial charge in [0.1, 0.15) is 5.65 Å². The van der Waals surface area contributed by atoms with Crippen molar-refractivity contribution in [2.75, 3.05) is 7.11 Å². The molecule has 34 heavy (non-hydrogen) atoms. The Bertz CT molecular complexity index is 1570. The molecule has 0 unspecified atom stereocenters. The summed E-state index contributed by atoms with van der Waals surface area (Å²) in [5.74, 6) is -1.16. The standard InChI is InChI=1S/C22H19FN6O4S/c1-33-18-5-6-19-16(21(18)23)11-29(34(19,31)32)22(30)17-12-28(26-25-17)10-15-9-27-8-14(13-2-3-13)4-7-20(27)24-15/h4-9,12-13H,2-3,10-11H2,1H3. The Kier molecular flexibility index (Phi) is 4.49. The van der Waals surface area contributed by atoms with Gasteiger partial charge in [-0.25, -0.2) is 26.8 Å². The Balaban J connectivity index is 1.24. The van der Waals surface area contributed by atoms with Crippen molar-refractivity contribution >= 4 is 21.6 Å². The van der Waals surface area contributed by atoms with Gasteiger partial charge in [-0.1, -0.05) is 11.3 Å². The first-order chi connectivity index (χ1) is 16.3. The molecule has 3 aromatic heterocycles. The van der Waals surface area contributed by atoms with E-state index in [-0.39, 0.29) is 28.4 Å². The Morgan fingerprint density at radius 3 is 2.76 bits per heavy atom. The second kappa shape index (κ2) is 7.35. The number of carbonyl (C=O) groups is 1. The Hall–Kier alpha value is -3.80. The summed E-state index contributed by atoms with van der Waals surface area (Å²) in [6.07, 6.45) is 7.74. The van der Waals surface area contributed by atoms with Gasteiger partial charge in [-0.05, 0) is 42.5 Å². The highest BCUT2D eigenvalue weighted by atomic mass is 32.2. The average molecular weight is 482 g/mol. The maximum absolute atomic E-state index is 14.6. The third-order valence-corrected chi connectivity index (χ3v) is 7.95. The van der Waals surface area contributed by atoms with Crippen LogP contribution in [-0.2, 0) is 23.1 Å². The zero-order chi connectivity index (χ0) is 23.6. The van der Waals surface area contributed by atoms with Crippen molar-refractivity contribution in [2.45, 2.75) is 36.7 Å². The van der Waals surface area contributed by atoms with Crippen LogP contribution in [0, 0.1) is 5.82 Å². The van der Waals surface area contributed by atoms with Crippen LogP contribution in [0.1, 0.15) is 46.1 Å². The van der Waals surface area contributed by atoms with Crippen molar-refractivity contribution < 1.29 is 22.3 Å². The fraction of sp³-hybridized carbons (Fsp3) is 0.273. The minimum absolute atomic E-state index is 0.0918. The molecule has 0 N–H and O–H groups in total. The van der Waals surface area contributed by atoms with Crippen molar-refractivity contribution in [1.82, 2.24) is 28.7 Å². The number of methoxy groups -OCH3 is 1. The number of benzene rings is 1. The second-order valence-corrected chi connectivity index (χ2v) is 10.2. The number of imidazole rings is 1. The predicted octanol–water partition coefficient (Wildman–Crippen LogP) is 2.34. The Labute approximate surface area is 193 Å². The summed E-state index contributed by atoms with van der Waals surface area (Å²) in [4.78, 5) is 17.3. The summed E-state index contributed by atoms with van der Waals surface area (Å²) in [5.41, 5.74) is 2.52. The molecule has 1 aromatic carbocycles. The van der Waals surface area contributed by atoms with Gasteiger partial charge >= 0.3 is 0 Å². The Morgan fingerprint density at radius 2 is 2.00 bits per heavy atom. The fourth-order valence-electron chi connectivity index (χ4n) is 4.22. The lowest BCUT2D eigenvalue weighted by Crippen LogP contribution is -2.31. The minimum atomic E-state index is -4.22. The van der Waals surface area contributed by atoms with E-state index >= 15 is 0 Å². The SMILES string of the molecule is COc1ccc2c(c1F)CN(C(=O)c1cn(Cc3cn4cc(C5CC5)ccc4n3)nn1)S2(=O)=O. The number of aromatic nitrogens is 5. The molecule has 0 atom stereocenters. The molecule has 0 radical (unpaired) electrons. The number of fused-ring (bicyclic) bond motifs is 2. The number of hydrogen-bond donors (Lipinski definition) is 0. The van der Waals surface area contributed by atoms with Crippen molar-refractivity contribution in [3.63, 3.8) is 0 Å².